The minimum Gasteiger partial charge on any atom is -0.349 e. The number of alkyl halides is 2. The second-order valence-corrected chi connectivity index (χ2v) is 6.04. The maximum absolute atomic E-state index is 12.5. The molecule has 5 nitrogen and oxygen atoms in total. The highest BCUT2D eigenvalue weighted by Crippen LogP contribution is 2.36. The summed E-state index contributed by atoms with van der Waals surface area (Å²) in [5, 5.41) is 6.68. The van der Waals surface area contributed by atoms with Crippen molar-refractivity contribution in [1.29, 1.82) is 0 Å². The maximum atomic E-state index is 12.5. The van der Waals surface area contributed by atoms with Gasteiger partial charge in [0.05, 0.1) is 6.04 Å². The predicted molar refractivity (Wildman–Crippen MR) is 76.6 cm³/mol. The predicted octanol–water partition coefficient (Wildman–Crippen LogP) is 3.19. The molecule has 7 heteroatoms. The first-order chi connectivity index (χ1) is 11.1. The average molecular weight is 319 g/mol. The molecule has 0 radical (unpaired) electrons. The molecule has 0 saturated heterocycles. The van der Waals surface area contributed by atoms with Crippen LogP contribution in [0.25, 0.3) is 11.4 Å². The molecule has 1 saturated carbocycles. The minimum absolute atomic E-state index is 0.0362. The number of fused-ring (bicyclic) bond motifs is 1. The number of rotatable bonds is 4. The molecule has 1 amide bonds. The molecule has 2 aromatic rings. The van der Waals surface area contributed by atoms with Crippen LogP contribution in [-0.2, 0) is 11.2 Å². The van der Waals surface area contributed by atoms with E-state index in [2.05, 4.69) is 20.0 Å². The van der Waals surface area contributed by atoms with Gasteiger partial charge in [-0.25, -0.2) is 0 Å². The number of amides is 1. The smallest absolute Gasteiger partial charge is 0.315 e. The lowest BCUT2D eigenvalue weighted by Crippen LogP contribution is -2.28. The van der Waals surface area contributed by atoms with E-state index in [1.165, 1.54) is 0 Å². The van der Waals surface area contributed by atoms with Gasteiger partial charge in [0.15, 0.2) is 0 Å². The van der Waals surface area contributed by atoms with E-state index in [-0.39, 0.29) is 23.7 Å². The van der Waals surface area contributed by atoms with Crippen LogP contribution < -0.4 is 5.32 Å². The van der Waals surface area contributed by atoms with Gasteiger partial charge in [0.25, 0.3) is 5.89 Å². The molecule has 0 spiro atoms. The number of hydrogen-bond acceptors (Lipinski definition) is 4. The van der Waals surface area contributed by atoms with Crippen LogP contribution >= 0.6 is 0 Å². The van der Waals surface area contributed by atoms with Gasteiger partial charge in [-0.3, -0.25) is 4.79 Å². The second kappa shape index (κ2) is 5.40. The van der Waals surface area contributed by atoms with E-state index < -0.39 is 12.3 Å². The second-order valence-electron chi connectivity index (χ2n) is 6.04. The number of benzene rings is 1. The molecule has 0 bridgehead atoms. The number of aryl methyl sites for hydroxylation is 1. The van der Waals surface area contributed by atoms with Crippen molar-refractivity contribution < 1.29 is 18.1 Å². The van der Waals surface area contributed by atoms with Gasteiger partial charge in [-0.15, -0.1) is 0 Å². The highest BCUT2D eigenvalue weighted by Gasteiger charge is 2.33. The molecule has 2 aliphatic rings. The van der Waals surface area contributed by atoms with E-state index in [4.69, 9.17) is 0 Å². The summed E-state index contributed by atoms with van der Waals surface area (Å²) in [6.07, 6.45) is 0.876. The molecule has 1 N–H and O–H groups in total. The van der Waals surface area contributed by atoms with E-state index >= 15 is 0 Å². The summed E-state index contributed by atoms with van der Waals surface area (Å²) in [7, 11) is 0. The third-order valence-corrected chi connectivity index (χ3v) is 4.37. The molecule has 120 valence electrons. The molecule has 1 aromatic heterocycles. The Labute approximate surface area is 131 Å². The Hall–Kier alpha value is -2.31. The third-order valence-electron chi connectivity index (χ3n) is 4.37. The number of halogens is 2. The zero-order valence-corrected chi connectivity index (χ0v) is 12.3. The summed E-state index contributed by atoms with van der Waals surface area (Å²) in [6, 6.07) is 5.61. The fourth-order valence-electron chi connectivity index (χ4n) is 2.98. The summed E-state index contributed by atoms with van der Waals surface area (Å²) >= 11 is 0. The summed E-state index contributed by atoms with van der Waals surface area (Å²) in [5.74, 6) is -0.194. The Balaban J connectivity index is 1.55. The zero-order chi connectivity index (χ0) is 16.0. The summed E-state index contributed by atoms with van der Waals surface area (Å²) in [4.78, 5) is 15.6. The first kappa shape index (κ1) is 14.3. The Bertz CT molecular complexity index is 756. The number of carbonyl (C=O) groups excluding carboxylic acids is 1. The number of nitrogens with one attached hydrogen (secondary N) is 1. The summed E-state index contributed by atoms with van der Waals surface area (Å²) in [5.41, 5.74) is 2.82. The van der Waals surface area contributed by atoms with Crippen molar-refractivity contribution in [1.82, 2.24) is 15.5 Å². The van der Waals surface area contributed by atoms with Crippen molar-refractivity contribution in [2.45, 2.75) is 38.2 Å². The largest absolute Gasteiger partial charge is 0.349 e. The summed E-state index contributed by atoms with van der Waals surface area (Å²) < 4.78 is 29.6. The molecule has 23 heavy (non-hydrogen) atoms. The molecular weight excluding hydrogens is 304 g/mol. The number of aromatic nitrogens is 2. The third kappa shape index (κ3) is 2.71. The quantitative estimate of drug-likeness (QED) is 0.940. The van der Waals surface area contributed by atoms with Gasteiger partial charge < -0.3 is 9.84 Å². The number of carbonyl (C=O) groups is 1. The molecule has 1 fully saturated rings. The molecule has 1 atom stereocenters. The van der Waals surface area contributed by atoms with Crippen molar-refractivity contribution in [3.63, 3.8) is 0 Å². The topological polar surface area (TPSA) is 68.0 Å². The van der Waals surface area contributed by atoms with Gasteiger partial charge in [-0.2, -0.15) is 13.8 Å². The lowest BCUT2D eigenvalue weighted by molar-refractivity contribution is -0.123. The Morgan fingerprint density at radius 1 is 1.30 bits per heavy atom. The summed E-state index contributed by atoms with van der Waals surface area (Å²) in [6.45, 7) is 0. The molecule has 1 heterocycles. The van der Waals surface area contributed by atoms with Crippen LogP contribution in [0.3, 0.4) is 0 Å². The van der Waals surface area contributed by atoms with Crippen LogP contribution in [0.1, 0.15) is 48.7 Å². The Morgan fingerprint density at radius 2 is 2.13 bits per heavy atom. The first-order valence-corrected chi connectivity index (χ1v) is 7.67. The first-order valence-electron chi connectivity index (χ1n) is 7.67. The van der Waals surface area contributed by atoms with E-state index in [1.807, 2.05) is 12.1 Å². The fourth-order valence-corrected chi connectivity index (χ4v) is 2.98. The lowest BCUT2D eigenvalue weighted by atomic mass is 10.0. The van der Waals surface area contributed by atoms with Gasteiger partial charge in [0, 0.05) is 11.5 Å². The molecule has 0 aliphatic heterocycles. The highest BCUT2D eigenvalue weighted by molar-refractivity contribution is 5.81. The normalized spacial score (nSPS) is 19.9. The van der Waals surface area contributed by atoms with Crippen LogP contribution in [0.5, 0.6) is 0 Å². The van der Waals surface area contributed by atoms with E-state index in [1.54, 1.807) is 6.07 Å². The van der Waals surface area contributed by atoms with E-state index in [9.17, 15) is 13.6 Å². The lowest BCUT2D eigenvalue weighted by Gasteiger charge is -2.14. The number of hydrogen-bond donors (Lipinski definition) is 1. The van der Waals surface area contributed by atoms with Gasteiger partial charge in [0.1, 0.15) is 0 Å². The Kier molecular flexibility index (Phi) is 3.36. The van der Waals surface area contributed by atoms with Crippen LogP contribution in [0.4, 0.5) is 8.78 Å². The van der Waals surface area contributed by atoms with Gasteiger partial charge in [-0.05, 0) is 42.9 Å². The van der Waals surface area contributed by atoms with Crippen LogP contribution in [0.2, 0.25) is 0 Å². The molecule has 4 rings (SSSR count). The van der Waals surface area contributed by atoms with Crippen LogP contribution in [-0.4, -0.2) is 16.0 Å². The number of nitrogens with zero attached hydrogens (tertiary/aromatic N) is 2. The minimum atomic E-state index is -2.77. The van der Waals surface area contributed by atoms with Crippen LogP contribution in [0, 0.1) is 5.92 Å². The highest BCUT2D eigenvalue weighted by atomic mass is 19.3. The average Bonchev–Trinajstić information content (AvgIpc) is 3.14. The van der Waals surface area contributed by atoms with Gasteiger partial charge in [-0.1, -0.05) is 17.3 Å². The van der Waals surface area contributed by atoms with Crippen molar-refractivity contribution in [2.24, 2.45) is 5.92 Å². The van der Waals surface area contributed by atoms with E-state index in [0.717, 1.165) is 36.8 Å². The van der Waals surface area contributed by atoms with E-state index in [0.29, 0.717) is 5.56 Å². The molecular formula is C16H15F2N3O2. The van der Waals surface area contributed by atoms with Crippen molar-refractivity contribution >= 4 is 5.91 Å². The van der Waals surface area contributed by atoms with Crippen molar-refractivity contribution in [2.75, 3.05) is 0 Å². The standard InChI is InChI=1S/C16H15F2N3O2/c17-13(18)16-20-14(21-23-16)10-3-5-11-9(7-10)4-6-12(11)19-15(22)8-1-2-8/h3,5,7-8,12-13H,1-2,4,6H2,(H,19,22). The van der Waals surface area contributed by atoms with Crippen molar-refractivity contribution in [3.05, 3.63) is 35.2 Å². The maximum Gasteiger partial charge on any atom is 0.315 e. The van der Waals surface area contributed by atoms with Gasteiger partial charge in [0.2, 0.25) is 11.7 Å². The van der Waals surface area contributed by atoms with Crippen LogP contribution in [0.15, 0.2) is 22.7 Å². The Morgan fingerprint density at radius 3 is 2.83 bits per heavy atom. The SMILES string of the molecule is O=C(NC1CCc2cc(-c3noc(C(F)F)n3)ccc21)C1CC1. The molecule has 1 unspecified atom stereocenters. The molecule has 2 aliphatic carbocycles. The van der Waals surface area contributed by atoms with Gasteiger partial charge >= 0.3 is 6.43 Å². The fraction of sp³-hybridized carbons (Fsp3) is 0.438. The monoisotopic (exact) mass is 319 g/mol. The molecule has 1 aromatic carbocycles. The zero-order valence-electron chi connectivity index (χ0n) is 12.3. The van der Waals surface area contributed by atoms with Crippen molar-refractivity contribution in [3.8, 4) is 11.4 Å².